The molecule has 234 valence electrons. The molecule has 0 radical (unpaired) electrons. The van der Waals surface area contributed by atoms with Gasteiger partial charge >= 0.3 is 5.97 Å². The fourth-order valence-corrected chi connectivity index (χ4v) is 4.54. The predicted octanol–water partition coefficient (Wildman–Crippen LogP) is 8.38. The number of benzene rings is 2. The number of rotatable bonds is 21. The van der Waals surface area contributed by atoms with Gasteiger partial charge in [-0.3, -0.25) is 4.79 Å². The molecular weight excluding hydrogens is 574 g/mol. The lowest BCUT2D eigenvalue weighted by molar-refractivity contribution is -0.142. The Labute approximate surface area is 267 Å². The van der Waals surface area contributed by atoms with Gasteiger partial charge in [0.1, 0.15) is 0 Å². The number of alkyl halides is 1. The minimum absolute atomic E-state index is 0.148. The second kappa shape index (κ2) is 21.9. The number of Topliss-reactive ketones (excluding diaryl/α,β-unsaturated/α-hetero) is 1. The van der Waals surface area contributed by atoms with Crippen molar-refractivity contribution in [2.45, 2.75) is 76.6 Å². The molecule has 2 aromatic carbocycles. The molecule has 0 spiro atoms. The third-order valence-electron chi connectivity index (χ3n) is 6.87. The molecule has 2 rings (SSSR count). The number of nitrogens with zero attached hydrogens (tertiary/aromatic N) is 1. The van der Waals surface area contributed by atoms with Crippen LogP contribution in [0.15, 0.2) is 108 Å². The molecule has 2 atom stereocenters. The number of halogens is 1. The van der Waals surface area contributed by atoms with Gasteiger partial charge in [0.15, 0.2) is 11.2 Å². The van der Waals surface area contributed by atoms with Gasteiger partial charge in [-0.15, -0.1) is 18.2 Å². The van der Waals surface area contributed by atoms with Gasteiger partial charge in [0, 0.05) is 18.4 Å². The number of carbonyl (C=O) groups is 2. The number of hydrogen-bond acceptors (Lipinski definition) is 6. The topological polar surface area (TPSA) is 85.6 Å². The van der Waals surface area contributed by atoms with Crippen molar-refractivity contribution in [2.24, 2.45) is 0 Å². The lowest BCUT2D eigenvalue weighted by atomic mass is 10.0. The van der Waals surface area contributed by atoms with Crippen LogP contribution in [0.3, 0.4) is 0 Å². The number of carbonyl (C=O) groups excluding carboxylic acids is 2. The van der Waals surface area contributed by atoms with Crippen molar-refractivity contribution in [3.63, 3.8) is 0 Å². The third kappa shape index (κ3) is 15.1. The Morgan fingerprint density at radius 2 is 1.59 bits per heavy atom. The molecule has 6 nitrogen and oxygen atoms in total. The van der Waals surface area contributed by atoms with E-state index in [1.807, 2.05) is 85.8 Å². The molecule has 0 aliphatic heterocycles. The molecule has 44 heavy (non-hydrogen) atoms. The number of allylic oxidation sites excluding steroid dienone is 5. The molecular formula is C37H44ClNO5. The Bertz CT molecular complexity index is 1290. The highest BCUT2D eigenvalue weighted by Gasteiger charge is 2.24. The summed E-state index contributed by atoms with van der Waals surface area (Å²) in [5.41, 5.74) is 4.90. The van der Waals surface area contributed by atoms with E-state index in [-0.39, 0.29) is 18.3 Å². The summed E-state index contributed by atoms with van der Waals surface area (Å²) in [4.78, 5) is 23.6. The predicted molar refractivity (Wildman–Crippen MR) is 176 cm³/mol. The van der Waals surface area contributed by atoms with Crippen molar-refractivity contribution < 1.29 is 23.8 Å². The SMILES string of the molecule is C=CCC/C=C(\COCc1ccccc1)CC(/C=C(\C#N)CC/C=C(\C)CCC(=O)C(Cl)C(=O)OC)OCc1ccccc1. The summed E-state index contributed by atoms with van der Waals surface area (Å²) in [7, 11) is 1.20. The Balaban J connectivity index is 2.09. The summed E-state index contributed by atoms with van der Waals surface area (Å²) in [5, 5.41) is 8.68. The smallest absolute Gasteiger partial charge is 0.331 e. The van der Waals surface area contributed by atoms with Gasteiger partial charge in [0.2, 0.25) is 0 Å². The number of nitriles is 1. The highest BCUT2D eigenvalue weighted by atomic mass is 35.5. The Morgan fingerprint density at radius 3 is 2.20 bits per heavy atom. The number of esters is 1. The van der Waals surface area contributed by atoms with Crippen LogP contribution >= 0.6 is 11.6 Å². The zero-order chi connectivity index (χ0) is 32.0. The molecule has 2 unspecified atom stereocenters. The third-order valence-corrected chi connectivity index (χ3v) is 7.29. The maximum absolute atomic E-state index is 12.1. The summed E-state index contributed by atoms with van der Waals surface area (Å²) >= 11 is 5.86. The van der Waals surface area contributed by atoms with E-state index in [1.165, 1.54) is 7.11 Å². The summed E-state index contributed by atoms with van der Waals surface area (Å²) in [5.74, 6) is -1.11. The largest absolute Gasteiger partial charge is 0.468 e. The maximum Gasteiger partial charge on any atom is 0.331 e. The van der Waals surface area contributed by atoms with Gasteiger partial charge in [0.25, 0.3) is 0 Å². The number of ether oxygens (including phenoxy) is 3. The Hall–Kier alpha value is -3.76. The number of methoxy groups -OCH3 is 1. The van der Waals surface area contributed by atoms with Gasteiger partial charge < -0.3 is 14.2 Å². The second-order valence-electron chi connectivity index (χ2n) is 10.5. The number of ketones is 1. The van der Waals surface area contributed by atoms with Crippen LogP contribution in [-0.2, 0) is 37.0 Å². The standard InChI is InChI=1S/C37H44ClNO5/c1-4-5-8-19-33(27-43-26-30-15-9-6-10-16-30)24-34(44-28-31-17-11-7-12-18-31)23-32(25-39)20-13-14-29(2)21-22-35(40)36(38)37(41)42-3/h4,6-7,9-12,14-19,23,34,36H,1,5,8,13,20-22,24,26-28H2,2-3H3/b29-14+,32-23-,33-19-. The molecule has 0 amide bonds. The van der Waals surface area contributed by atoms with Crippen molar-refractivity contribution in [3.05, 3.63) is 119 Å². The zero-order valence-electron chi connectivity index (χ0n) is 25.9. The van der Waals surface area contributed by atoms with Crippen LogP contribution < -0.4 is 0 Å². The first kappa shape index (κ1) is 36.4. The molecule has 0 aromatic heterocycles. The van der Waals surface area contributed by atoms with Crippen LogP contribution in [-0.4, -0.2) is 37.0 Å². The summed E-state index contributed by atoms with van der Waals surface area (Å²) in [6.07, 6.45) is 11.8. The number of hydrogen-bond donors (Lipinski definition) is 0. The lowest BCUT2D eigenvalue weighted by Gasteiger charge is -2.18. The first-order valence-corrected chi connectivity index (χ1v) is 15.4. The molecule has 0 N–H and O–H groups in total. The average Bonchev–Trinajstić information content (AvgIpc) is 3.05. The quantitative estimate of drug-likeness (QED) is 0.0349. The van der Waals surface area contributed by atoms with E-state index in [9.17, 15) is 14.9 Å². The lowest BCUT2D eigenvalue weighted by Crippen LogP contribution is -2.25. The highest BCUT2D eigenvalue weighted by Crippen LogP contribution is 2.19. The van der Waals surface area contributed by atoms with E-state index in [0.29, 0.717) is 51.1 Å². The van der Waals surface area contributed by atoms with Crippen molar-refractivity contribution >= 4 is 23.4 Å². The monoisotopic (exact) mass is 617 g/mol. The van der Waals surface area contributed by atoms with Crippen molar-refractivity contribution in [2.75, 3.05) is 13.7 Å². The second-order valence-corrected chi connectivity index (χ2v) is 10.9. The van der Waals surface area contributed by atoms with E-state index in [4.69, 9.17) is 21.1 Å². The summed E-state index contributed by atoms with van der Waals surface area (Å²) < 4.78 is 17.0. The molecule has 0 saturated carbocycles. The molecule has 0 bridgehead atoms. The van der Waals surface area contributed by atoms with Crippen LogP contribution in [0, 0.1) is 11.3 Å². The average molecular weight is 618 g/mol. The Kier molecular flexibility index (Phi) is 18.1. The van der Waals surface area contributed by atoms with Crippen LogP contribution in [0.1, 0.15) is 63.0 Å². The fraction of sp³-hybridized carbons (Fsp3) is 0.378. The molecule has 2 aromatic rings. The maximum atomic E-state index is 12.1. The van der Waals surface area contributed by atoms with Crippen LogP contribution in [0.4, 0.5) is 0 Å². The summed E-state index contributed by atoms with van der Waals surface area (Å²) in [6.45, 7) is 7.16. The van der Waals surface area contributed by atoms with Crippen LogP contribution in [0.5, 0.6) is 0 Å². The zero-order valence-corrected chi connectivity index (χ0v) is 26.6. The molecule has 0 heterocycles. The fourth-order valence-electron chi connectivity index (χ4n) is 4.34. The first-order chi connectivity index (χ1) is 21.4. The molecule has 0 saturated heterocycles. The van der Waals surface area contributed by atoms with Gasteiger partial charge in [-0.2, -0.15) is 5.26 Å². The van der Waals surface area contributed by atoms with E-state index in [0.717, 1.165) is 35.1 Å². The van der Waals surface area contributed by atoms with Gasteiger partial charge in [-0.1, -0.05) is 84.5 Å². The van der Waals surface area contributed by atoms with Gasteiger partial charge in [-0.25, -0.2) is 4.79 Å². The van der Waals surface area contributed by atoms with Crippen molar-refractivity contribution in [1.29, 1.82) is 5.26 Å². The molecule has 7 heteroatoms. The molecule has 0 fully saturated rings. The minimum atomic E-state index is -1.28. The van der Waals surface area contributed by atoms with Gasteiger partial charge in [0.05, 0.1) is 39.1 Å². The molecule has 0 aliphatic rings. The van der Waals surface area contributed by atoms with E-state index < -0.39 is 11.3 Å². The van der Waals surface area contributed by atoms with Gasteiger partial charge in [-0.05, 0) is 61.8 Å². The minimum Gasteiger partial charge on any atom is -0.468 e. The van der Waals surface area contributed by atoms with Crippen molar-refractivity contribution in [1.82, 2.24) is 0 Å². The normalized spacial score (nSPS) is 13.5. The number of unbranched alkanes of at least 4 members (excludes halogenated alkanes) is 1. The highest BCUT2D eigenvalue weighted by molar-refractivity contribution is 6.41. The van der Waals surface area contributed by atoms with E-state index in [1.54, 1.807) is 0 Å². The summed E-state index contributed by atoms with van der Waals surface area (Å²) in [6, 6.07) is 22.4. The van der Waals surface area contributed by atoms with E-state index in [2.05, 4.69) is 23.5 Å². The first-order valence-electron chi connectivity index (χ1n) is 14.9. The van der Waals surface area contributed by atoms with Crippen LogP contribution in [0.25, 0.3) is 0 Å². The van der Waals surface area contributed by atoms with Crippen molar-refractivity contribution in [3.8, 4) is 6.07 Å². The Morgan fingerprint density at radius 1 is 0.932 bits per heavy atom. The van der Waals surface area contributed by atoms with Crippen LogP contribution in [0.2, 0.25) is 0 Å². The molecule has 0 aliphatic carbocycles. The van der Waals surface area contributed by atoms with E-state index >= 15 is 0 Å².